The molecule has 0 spiro atoms. The molecule has 2 aromatic rings. The summed E-state index contributed by atoms with van der Waals surface area (Å²) in [5, 5.41) is 13.8. The van der Waals surface area contributed by atoms with Crippen LogP contribution in [0, 0.1) is 0 Å². The van der Waals surface area contributed by atoms with Crippen LogP contribution in [0.1, 0.15) is 97.9 Å². The number of nitrogens with one attached hydrogen (secondary N) is 1. The summed E-state index contributed by atoms with van der Waals surface area (Å²) < 4.78 is 6.30. The molecule has 1 atom stereocenters. The molecule has 2 N–H and O–H groups in total. The van der Waals surface area contributed by atoms with Gasteiger partial charge in [-0.05, 0) is 51.5 Å². The van der Waals surface area contributed by atoms with Gasteiger partial charge in [0.1, 0.15) is 11.5 Å². The van der Waals surface area contributed by atoms with E-state index in [4.69, 9.17) is 16.3 Å². The fourth-order valence-corrected chi connectivity index (χ4v) is 3.97. The van der Waals surface area contributed by atoms with Crippen LogP contribution in [-0.4, -0.2) is 17.1 Å². The molecule has 0 aromatic heterocycles. The number of hydrogen-bond acceptors (Lipinski definition) is 3. The Morgan fingerprint density at radius 3 is 2.00 bits per heavy atom. The summed E-state index contributed by atoms with van der Waals surface area (Å²) in [6.07, 6.45) is -0.225. The largest absolute Gasteiger partial charge is 0.505 e. The molecule has 188 valence electrons. The molecule has 2 rings (SSSR count). The average molecular weight is 488 g/mol. The molecule has 34 heavy (non-hydrogen) atoms. The molecule has 0 fully saturated rings. The summed E-state index contributed by atoms with van der Waals surface area (Å²) in [6, 6.07) is 9.84. The molecule has 0 bridgehead atoms. The maximum Gasteiger partial charge on any atom is 0.265 e. The first-order valence-corrected chi connectivity index (χ1v) is 12.6. The van der Waals surface area contributed by atoms with Gasteiger partial charge >= 0.3 is 0 Å². The molecule has 0 saturated heterocycles. The fraction of sp³-hybridized carbons (Fsp3) is 0.552. The number of benzene rings is 2. The van der Waals surface area contributed by atoms with Crippen molar-refractivity contribution in [3.63, 3.8) is 0 Å². The highest BCUT2D eigenvalue weighted by Gasteiger charge is 2.28. The van der Waals surface area contributed by atoms with Gasteiger partial charge in [0.2, 0.25) is 0 Å². The minimum Gasteiger partial charge on any atom is -0.505 e. The van der Waals surface area contributed by atoms with Crippen LogP contribution in [0.2, 0.25) is 0 Å². The Labute approximate surface area is 211 Å². The molecule has 0 aliphatic rings. The molecular weight excluding hydrogens is 446 g/mol. The standard InChI is InChI=1S/C29H42ClNO3/c1-11-23(34-24-13-12-19(27(2,3)4)16-20(24)28(5,6)7)26(33)31-22-15-18(17-30)14-21(25(22)32)29(8,9)10/h12-16,23,32H,11,17H2,1-10H3,(H,31,33). The Balaban J connectivity index is 2.40. The quantitative estimate of drug-likeness (QED) is 0.322. The van der Waals surface area contributed by atoms with E-state index in [1.54, 1.807) is 6.07 Å². The van der Waals surface area contributed by atoms with Crippen molar-refractivity contribution < 1.29 is 14.6 Å². The van der Waals surface area contributed by atoms with Crippen molar-refractivity contribution >= 4 is 23.2 Å². The van der Waals surface area contributed by atoms with E-state index >= 15 is 0 Å². The van der Waals surface area contributed by atoms with E-state index in [9.17, 15) is 9.90 Å². The number of carbonyl (C=O) groups is 1. The molecular formula is C29H42ClNO3. The number of rotatable bonds is 6. The van der Waals surface area contributed by atoms with Gasteiger partial charge in [-0.1, -0.05) is 87.4 Å². The molecule has 5 heteroatoms. The van der Waals surface area contributed by atoms with E-state index in [0.29, 0.717) is 17.9 Å². The number of amides is 1. The van der Waals surface area contributed by atoms with Gasteiger partial charge in [-0.3, -0.25) is 4.79 Å². The summed E-state index contributed by atoms with van der Waals surface area (Å²) in [5.41, 5.74) is 3.77. The normalized spacial score (nSPS) is 13.5. The predicted molar refractivity (Wildman–Crippen MR) is 144 cm³/mol. The van der Waals surface area contributed by atoms with E-state index in [1.165, 1.54) is 5.56 Å². The third kappa shape index (κ3) is 6.69. The summed E-state index contributed by atoms with van der Waals surface area (Å²) in [7, 11) is 0. The maximum absolute atomic E-state index is 13.3. The Bertz CT molecular complexity index is 1020. The SMILES string of the molecule is CCC(Oc1ccc(C(C)(C)C)cc1C(C)(C)C)C(=O)Nc1cc(CCl)cc(C(C)(C)C)c1O. The lowest BCUT2D eigenvalue weighted by molar-refractivity contribution is -0.122. The van der Waals surface area contributed by atoms with Crippen LogP contribution in [0.15, 0.2) is 30.3 Å². The number of alkyl halides is 1. The number of phenols is 1. The number of halogens is 1. The minimum absolute atomic E-state index is 0.00971. The minimum atomic E-state index is -0.710. The van der Waals surface area contributed by atoms with Gasteiger partial charge < -0.3 is 15.2 Å². The first-order chi connectivity index (χ1) is 15.5. The van der Waals surface area contributed by atoms with Crippen molar-refractivity contribution in [3.8, 4) is 11.5 Å². The van der Waals surface area contributed by atoms with Crippen LogP contribution in [0.4, 0.5) is 5.69 Å². The third-order valence-corrected chi connectivity index (χ3v) is 6.28. The molecule has 1 unspecified atom stereocenters. The first kappa shape index (κ1) is 28.0. The molecule has 0 saturated carbocycles. The lowest BCUT2D eigenvalue weighted by Crippen LogP contribution is -2.33. The van der Waals surface area contributed by atoms with E-state index in [0.717, 1.165) is 16.7 Å². The molecule has 1 amide bonds. The monoisotopic (exact) mass is 487 g/mol. The molecule has 0 aliphatic carbocycles. The highest BCUT2D eigenvalue weighted by Crippen LogP contribution is 2.39. The lowest BCUT2D eigenvalue weighted by Gasteiger charge is -2.29. The Morgan fingerprint density at radius 2 is 1.53 bits per heavy atom. The molecule has 0 aliphatic heterocycles. The third-order valence-electron chi connectivity index (χ3n) is 5.98. The summed E-state index contributed by atoms with van der Waals surface area (Å²) in [5.74, 6) is 0.755. The Kier molecular flexibility index (Phi) is 8.41. The van der Waals surface area contributed by atoms with Gasteiger partial charge in [-0.2, -0.15) is 0 Å². The second kappa shape index (κ2) is 10.2. The van der Waals surface area contributed by atoms with Gasteiger partial charge in [0.05, 0.1) is 5.69 Å². The van der Waals surface area contributed by atoms with E-state index < -0.39 is 6.10 Å². The Morgan fingerprint density at radius 1 is 0.941 bits per heavy atom. The summed E-state index contributed by atoms with van der Waals surface area (Å²) in [6.45, 7) is 20.9. The van der Waals surface area contributed by atoms with Crippen LogP contribution in [0.25, 0.3) is 0 Å². The number of aromatic hydroxyl groups is 1. The van der Waals surface area contributed by atoms with Gasteiger partial charge in [-0.25, -0.2) is 0 Å². The fourth-order valence-electron chi connectivity index (χ4n) is 3.81. The summed E-state index contributed by atoms with van der Waals surface area (Å²) >= 11 is 6.09. The number of ether oxygens (including phenoxy) is 1. The van der Waals surface area contributed by atoms with E-state index in [1.807, 2.05) is 39.8 Å². The smallest absolute Gasteiger partial charge is 0.265 e. The molecule has 0 radical (unpaired) electrons. The molecule has 2 aromatic carbocycles. The van der Waals surface area contributed by atoms with Gasteiger partial charge in [0.15, 0.2) is 6.10 Å². The topological polar surface area (TPSA) is 58.6 Å². The van der Waals surface area contributed by atoms with Crippen molar-refractivity contribution in [3.05, 3.63) is 52.6 Å². The highest BCUT2D eigenvalue weighted by molar-refractivity contribution is 6.17. The summed E-state index contributed by atoms with van der Waals surface area (Å²) in [4.78, 5) is 13.3. The maximum atomic E-state index is 13.3. The lowest BCUT2D eigenvalue weighted by atomic mass is 9.80. The zero-order chi connectivity index (χ0) is 26.1. The first-order valence-electron chi connectivity index (χ1n) is 12.0. The van der Waals surface area contributed by atoms with Crippen LogP contribution in [0.5, 0.6) is 11.5 Å². The van der Waals surface area contributed by atoms with Crippen molar-refractivity contribution in [2.24, 2.45) is 0 Å². The number of phenolic OH excluding ortho intramolecular Hbond substituents is 1. The highest BCUT2D eigenvalue weighted by atomic mass is 35.5. The predicted octanol–water partition coefficient (Wildman–Crippen LogP) is 7.82. The van der Waals surface area contributed by atoms with E-state index in [2.05, 4.69) is 59.0 Å². The molecule has 0 heterocycles. The average Bonchev–Trinajstić information content (AvgIpc) is 2.70. The number of carbonyl (C=O) groups excluding carboxylic acids is 1. The molecule has 4 nitrogen and oxygen atoms in total. The second-order valence-corrected chi connectivity index (χ2v) is 12.4. The Hall–Kier alpha value is -2.20. The second-order valence-electron chi connectivity index (χ2n) is 12.1. The van der Waals surface area contributed by atoms with Crippen molar-refractivity contribution in [1.29, 1.82) is 0 Å². The van der Waals surface area contributed by atoms with E-state index in [-0.39, 0.29) is 33.8 Å². The van der Waals surface area contributed by atoms with Crippen LogP contribution < -0.4 is 10.1 Å². The van der Waals surface area contributed by atoms with Crippen LogP contribution >= 0.6 is 11.6 Å². The van der Waals surface area contributed by atoms with Crippen LogP contribution in [0.3, 0.4) is 0 Å². The number of anilines is 1. The van der Waals surface area contributed by atoms with Gasteiger partial charge in [0, 0.05) is 11.4 Å². The van der Waals surface area contributed by atoms with Crippen molar-refractivity contribution in [2.45, 2.75) is 104 Å². The zero-order valence-electron chi connectivity index (χ0n) is 22.5. The van der Waals surface area contributed by atoms with Gasteiger partial charge in [-0.15, -0.1) is 11.6 Å². The number of hydrogen-bond donors (Lipinski definition) is 2. The van der Waals surface area contributed by atoms with Gasteiger partial charge in [0.25, 0.3) is 5.91 Å². The van der Waals surface area contributed by atoms with Crippen LogP contribution in [-0.2, 0) is 26.9 Å². The van der Waals surface area contributed by atoms with Crippen molar-refractivity contribution in [1.82, 2.24) is 0 Å². The zero-order valence-corrected chi connectivity index (χ0v) is 23.3. The van der Waals surface area contributed by atoms with Crippen molar-refractivity contribution in [2.75, 3.05) is 5.32 Å².